The number of halogens is 5. The molecule has 1 aliphatic rings. The maximum Gasteiger partial charge on any atom is 0.162 e. The highest BCUT2D eigenvalue weighted by atomic mass is 35.5. The number of benzene rings is 2. The van der Waals surface area contributed by atoms with Gasteiger partial charge < -0.3 is 10.5 Å². The van der Waals surface area contributed by atoms with E-state index in [1.54, 1.807) is 24.3 Å². The summed E-state index contributed by atoms with van der Waals surface area (Å²) in [5.41, 5.74) is 7.75. The molecule has 1 unspecified atom stereocenters. The number of carbonyl (C=O) groups is 1. The number of thiocarbonyl (C=S) groups is 1. The minimum atomic E-state index is -0.278. The minimum absolute atomic E-state index is 0.0312. The van der Waals surface area contributed by atoms with Crippen molar-refractivity contribution in [1.29, 1.82) is 0 Å². The van der Waals surface area contributed by atoms with E-state index in [0.29, 0.717) is 22.5 Å². The van der Waals surface area contributed by atoms with E-state index in [9.17, 15) is 13.6 Å². The molecule has 1 saturated heterocycles. The van der Waals surface area contributed by atoms with E-state index in [4.69, 9.17) is 45.3 Å². The van der Waals surface area contributed by atoms with Crippen LogP contribution in [0.2, 0.25) is 0 Å². The Morgan fingerprint density at radius 2 is 1.64 bits per heavy atom. The number of ether oxygens (including phenoxy) is 1. The molecule has 196 valence electrons. The Labute approximate surface area is 234 Å². The van der Waals surface area contributed by atoms with Gasteiger partial charge in [-0.25, -0.2) is 13.8 Å². The lowest BCUT2D eigenvalue weighted by atomic mass is 10.2. The van der Waals surface area contributed by atoms with Crippen molar-refractivity contribution in [3.8, 4) is 10.6 Å². The summed E-state index contributed by atoms with van der Waals surface area (Å²) in [6.07, 6.45) is 3.08. The van der Waals surface area contributed by atoms with Crippen molar-refractivity contribution in [2.75, 3.05) is 18.4 Å². The van der Waals surface area contributed by atoms with Crippen molar-refractivity contribution in [3.63, 3.8) is 0 Å². The Morgan fingerprint density at radius 3 is 1.97 bits per heavy atom. The highest BCUT2D eigenvalue weighted by Crippen LogP contribution is 2.24. The zero-order valence-corrected chi connectivity index (χ0v) is 23.5. The number of nitrogens with two attached hydrogens (primary N) is 1. The van der Waals surface area contributed by atoms with Gasteiger partial charge in [0.05, 0.1) is 29.4 Å². The molecular formula is C25H27Cl3F2N2O2S2. The Balaban J connectivity index is 0.000000258. The summed E-state index contributed by atoms with van der Waals surface area (Å²) < 4.78 is 30.1. The number of hydrogen-bond acceptors (Lipinski definition) is 5. The molecule has 36 heavy (non-hydrogen) atoms. The molecule has 0 saturated carbocycles. The summed E-state index contributed by atoms with van der Waals surface area (Å²) in [4.78, 5) is 14.5. The van der Waals surface area contributed by atoms with Gasteiger partial charge in [0, 0.05) is 23.1 Å². The van der Waals surface area contributed by atoms with Crippen LogP contribution in [-0.2, 0) is 15.4 Å². The Bertz CT molecular complexity index is 1040. The average Bonchev–Trinajstić information content (AvgIpc) is 3.57. The third kappa shape index (κ3) is 13.6. The van der Waals surface area contributed by atoms with E-state index >= 15 is 0 Å². The summed E-state index contributed by atoms with van der Waals surface area (Å²) in [5, 5.41) is 2.78. The summed E-state index contributed by atoms with van der Waals surface area (Å²) in [6, 6.07) is 12.0. The van der Waals surface area contributed by atoms with Gasteiger partial charge in [-0.05, 0) is 68.3 Å². The molecule has 0 radical (unpaired) electrons. The first-order valence-corrected chi connectivity index (χ1v) is 13.7. The molecule has 4 nitrogen and oxygen atoms in total. The van der Waals surface area contributed by atoms with E-state index in [2.05, 4.69) is 24.1 Å². The lowest BCUT2D eigenvalue weighted by molar-refractivity contribution is -0.114. The second kappa shape index (κ2) is 18.5. The maximum atomic E-state index is 12.6. The molecule has 2 N–H and O–H groups in total. The van der Waals surface area contributed by atoms with E-state index in [0.717, 1.165) is 22.9 Å². The molecule has 1 aromatic heterocycles. The third-order valence-corrected chi connectivity index (χ3v) is 6.41. The number of rotatable bonds is 5. The van der Waals surface area contributed by atoms with Gasteiger partial charge >= 0.3 is 0 Å². The number of carbonyl (C=O) groups excluding carboxylic acids is 1. The van der Waals surface area contributed by atoms with Crippen LogP contribution in [0.1, 0.15) is 31.0 Å². The van der Waals surface area contributed by atoms with Gasteiger partial charge in [0.1, 0.15) is 21.6 Å². The lowest BCUT2D eigenvalue weighted by Crippen LogP contribution is -2.08. The Hall–Kier alpha value is -1.68. The van der Waals surface area contributed by atoms with Gasteiger partial charge in [-0.15, -0.1) is 46.1 Å². The van der Waals surface area contributed by atoms with Crippen LogP contribution in [0.15, 0.2) is 53.9 Å². The van der Waals surface area contributed by atoms with Crippen molar-refractivity contribution in [2.24, 2.45) is 5.73 Å². The molecular weight excluding hydrogens is 569 g/mol. The van der Waals surface area contributed by atoms with Crippen LogP contribution in [-0.4, -0.2) is 40.2 Å². The highest BCUT2D eigenvalue weighted by Gasteiger charge is 2.07. The molecule has 1 aliphatic heterocycles. The number of nitrogens with zero attached hydrogens (tertiary/aromatic N) is 1. The number of ketones is 1. The molecule has 2 aromatic carbocycles. The topological polar surface area (TPSA) is 65.2 Å². The maximum absolute atomic E-state index is 12.6. The van der Waals surface area contributed by atoms with Gasteiger partial charge in [-0.1, -0.05) is 12.2 Å². The van der Waals surface area contributed by atoms with E-state index in [-0.39, 0.29) is 29.2 Å². The number of aromatic nitrogens is 1. The van der Waals surface area contributed by atoms with Crippen molar-refractivity contribution < 1.29 is 18.3 Å². The molecule has 1 atom stereocenters. The summed E-state index contributed by atoms with van der Waals surface area (Å²) in [6.45, 7) is 3.11. The fraction of sp³-hybridized carbons (Fsp3) is 0.320. The number of alkyl halides is 3. The van der Waals surface area contributed by atoms with Crippen molar-refractivity contribution >= 4 is 69.1 Å². The van der Waals surface area contributed by atoms with Crippen LogP contribution < -0.4 is 5.73 Å². The molecule has 4 rings (SSSR count). The second-order valence-electron chi connectivity index (χ2n) is 7.29. The fourth-order valence-electron chi connectivity index (χ4n) is 2.48. The van der Waals surface area contributed by atoms with Gasteiger partial charge in [0.25, 0.3) is 0 Å². The van der Waals surface area contributed by atoms with Crippen molar-refractivity contribution in [3.05, 3.63) is 76.8 Å². The summed E-state index contributed by atoms with van der Waals surface area (Å²) in [7, 11) is 0. The largest absolute Gasteiger partial charge is 0.389 e. The van der Waals surface area contributed by atoms with E-state index in [1.165, 1.54) is 48.4 Å². The van der Waals surface area contributed by atoms with Crippen LogP contribution in [0.3, 0.4) is 0 Å². The van der Waals surface area contributed by atoms with Crippen LogP contribution >= 0.6 is 58.4 Å². The van der Waals surface area contributed by atoms with Gasteiger partial charge in [0.15, 0.2) is 5.78 Å². The normalized spacial score (nSPS) is 13.8. The standard InChI is InChI=1S/C10H7ClFNS.C7H6FNS.C5H10O.C3H4Cl2O/c11-5-9-6-14-10(13-9)7-1-3-8(12)4-2-7;8-6-3-1-5(2-4-6)7(9)10;1-5-3-2-4-6-5;4-1-3(6)2-5/h1-4,6H,5H2;1-4H,(H2,9,10);5H,2-4H2,1H3;1-2H2. The molecule has 3 aromatic rings. The monoisotopic (exact) mass is 594 g/mol. The van der Waals surface area contributed by atoms with Crippen molar-refractivity contribution in [1.82, 2.24) is 4.98 Å². The first-order chi connectivity index (χ1) is 17.2. The van der Waals surface area contributed by atoms with E-state index in [1.807, 2.05) is 5.38 Å². The number of Topliss-reactive ketones (excluding diaryl/α,β-unsaturated/α-hetero) is 1. The first kappa shape index (κ1) is 32.3. The molecule has 2 heterocycles. The average molecular weight is 596 g/mol. The second-order valence-corrected chi connectivity index (χ2v) is 9.38. The van der Waals surface area contributed by atoms with Crippen molar-refractivity contribution in [2.45, 2.75) is 31.7 Å². The molecule has 0 aliphatic carbocycles. The SMILES string of the molecule is CC1CCCO1.Fc1ccc(-c2nc(CCl)cs2)cc1.NC(=S)c1ccc(F)cc1.O=C(CCl)CCl. The Kier molecular flexibility index (Phi) is 16.7. The number of thiazole rings is 1. The Morgan fingerprint density at radius 1 is 1.08 bits per heavy atom. The molecule has 1 fully saturated rings. The van der Waals surface area contributed by atoms with Crippen LogP contribution in [0.5, 0.6) is 0 Å². The zero-order valence-electron chi connectivity index (χ0n) is 19.6. The van der Waals surface area contributed by atoms with Gasteiger partial charge in [0.2, 0.25) is 0 Å². The molecule has 0 spiro atoms. The predicted molar refractivity (Wildman–Crippen MR) is 150 cm³/mol. The first-order valence-electron chi connectivity index (χ1n) is 10.8. The molecule has 11 heteroatoms. The van der Waals surface area contributed by atoms with E-state index < -0.39 is 0 Å². The third-order valence-electron chi connectivity index (χ3n) is 4.36. The predicted octanol–water partition coefficient (Wildman–Crippen LogP) is 7.37. The van der Waals surface area contributed by atoms with Crippen LogP contribution in [0.4, 0.5) is 8.78 Å². The zero-order chi connectivity index (χ0) is 26.9. The highest BCUT2D eigenvalue weighted by molar-refractivity contribution is 7.80. The van der Waals surface area contributed by atoms with Gasteiger partial charge in [-0.3, -0.25) is 4.79 Å². The molecule has 0 bridgehead atoms. The quantitative estimate of drug-likeness (QED) is 0.247. The summed E-state index contributed by atoms with van der Waals surface area (Å²) in [5.74, 6) is -0.161. The minimum Gasteiger partial charge on any atom is -0.389 e. The smallest absolute Gasteiger partial charge is 0.162 e. The summed E-state index contributed by atoms with van der Waals surface area (Å²) >= 11 is 21.8. The van der Waals surface area contributed by atoms with Crippen LogP contribution in [0.25, 0.3) is 10.6 Å². The van der Waals surface area contributed by atoms with Crippen LogP contribution in [0, 0.1) is 11.6 Å². The fourth-order valence-corrected chi connectivity index (χ4v) is 3.96. The van der Waals surface area contributed by atoms with Gasteiger partial charge in [-0.2, -0.15) is 0 Å². The number of hydrogen-bond donors (Lipinski definition) is 1. The molecule has 0 amide bonds. The lowest BCUT2D eigenvalue weighted by Gasteiger charge is -1.94.